The first kappa shape index (κ1) is 13.9. The molecule has 1 aromatic rings. The molecule has 0 aromatic carbocycles. The van der Waals surface area contributed by atoms with Gasteiger partial charge >= 0.3 is 6.09 Å². The van der Waals surface area contributed by atoms with Gasteiger partial charge in [-0.05, 0) is 40.0 Å². The number of likely N-dealkylation sites (tertiary alicyclic amines) is 1. The van der Waals surface area contributed by atoms with Gasteiger partial charge in [0.2, 0.25) is 0 Å². The number of amides is 1. The molecule has 5 heteroatoms. The van der Waals surface area contributed by atoms with Crippen molar-refractivity contribution in [1.29, 1.82) is 0 Å². The summed E-state index contributed by atoms with van der Waals surface area (Å²) < 4.78 is 10.4. The van der Waals surface area contributed by atoms with Gasteiger partial charge in [-0.15, -0.1) is 0 Å². The van der Waals surface area contributed by atoms with E-state index in [4.69, 9.17) is 9.15 Å². The van der Waals surface area contributed by atoms with Crippen molar-refractivity contribution >= 4 is 6.09 Å². The Balaban J connectivity index is 1.91. The molecule has 0 saturated carbocycles. The highest BCUT2D eigenvalue weighted by molar-refractivity contribution is 5.68. The second kappa shape index (κ2) is 5.63. The van der Waals surface area contributed by atoms with Crippen LogP contribution in [0.3, 0.4) is 0 Å². The predicted molar refractivity (Wildman–Crippen MR) is 70.9 cm³/mol. The highest BCUT2D eigenvalue weighted by atomic mass is 16.6. The number of carbonyl (C=O) groups excluding carboxylic acids is 1. The van der Waals surface area contributed by atoms with E-state index < -0.39 is 5.60 Å². The number of aromatic nitrogens is 1. The van der Waals surface area contributed by atoms with Crippen LogP contribution in [0.15, 0.2) is 17.1 Å². The van der Waals surface area contributed by atoms with Gasteiger partial charge in [0.25, 0.3) is 0 Å². The van der Waals surface area contributed by atoms with Crippen LogP contribution in [0.25, 0.3) is 0 Å². The van der Waals surface area contributed by atoms with Crippen LogP contribution in [-0.4, -0.2) is 34.7 Å². The third-order valence-electron chi connectivity index (χ3n) is 3.25. The number of hydrogen-bond donors (Lipinski definition) is 0. The molecule has 0 spiro atoms. The van der Waals surface area contributed by atoms with Crippen molar-refractivity contribution in [2.24, 2.45) is 0 Å². The Kier molecular flexibility index (Phi) is 4.12. The van der Waals surface area contributed by atoms with Crippen molar-refractivity contribution in [3.63, 3.8) is 0 Å². The van der Waals surface area contributed by atoms with Gasteiger partial charge in [0.15, 0.2) is 6.39 Å². The number of rotatable bonds is 1. The van der Waals surface area contributed by atoms with Crippen LogP contribution in [0.5, 0.6) is 0 Å². The molecule has 5 nitrogen and oxygen atoms in total. The zero-order chi connectivity index (χ0) is 13.9. The molecule has 1 aliphatic heterocycles. The molecule has 2 heterocycles. The van der Waals surface area contributed by atoms with E-state index in [1.807, 2.05) is 20.8 Å². The van der Waals surface area contributed by atoms with Crippen molar-refractivity contribution in [1.82, 2.24) is 9.88 Å². The normalized spacial score (nSPS) is 21.0. The number of oxazole rings is 1. The molecule has 0 bridgehead atoms. The van der Waals surface area contributed by atoms with E-state index in [0.717, 1.165) is 31.5 Å². The number of nitrogens with zero attached hydrogens (tertiary/aromatic N) is 2. The van der Waals surface area contributed by atoms with E-state index in [9.17, 15) is 4.79 Å². The van der Waals surface area contributed by atoms with Crippen molar-refractivity contribution < 1.29 is 13.9 Å². The Labute approximate surface area is 113 Å². The minimum Gasteiger partial charge on any atom is -0.451 e. The Morgan fingerprint density at radius 3 is 2.84 bits per heavy atom. The molecule has 1 fully saturated rings. The SMILES string of the molecule is CC(C)(C)OC(=O)N1CCC[C@H](c2cocn2)CC1. The van der Waals surface area contributed by atoms with Gasteiger partial charge in [0.1, 0.15) is 11.9 Å². The fraction of sp³-hybridized carbons (Fsp3) is 0.714. The summed E-state index contributed by atoms with van der Waals surface area (Å²) in [5, 5.41) is 0. The van der Waals surface area contributed by atoms with Crippen molar-refractivity contribution in [3.8, 4) is 0 Å². The number of ether oxygens (including phenoxy) is 1. The summed E-state index contributed by atoms with van der Waals surface area (Å²) in [4.78, 5) is 18.0. The standard InChI is InChI=1S/C14H22N2O3/c1-14(2,3)19-13(17)16-7-4-5-11(6-8-16)12-9-18-10-15-12/h9-11H,4-8H2,1-3H3/t11-/m0/s1. The Bertz CT molecular complexity index is 409. The van der Waals surface area contributed by atoms with Crippen LogP contribution in [0.4, 0.5) is 4.79 Å². The second-order valence-corrected chi connectivity index (χ2v) is 6.01. The molecule has 0 N–H and O–H groups in total. The van der Waals surface area contributed by atoms with E-state index in [1.165, 1.54) is 6.39 Å². The predicted octanol–water partition coefficient (Wildman–Crippen LogP) is 3.18. The molecule has 0 radical (unpaired) electrons. The largest absolute Gasteiger partial charge is 0.451 e. The van der Waals surface area contributed by atoms with Gasteiger partial charge in [-0.2, -0.15) is 0 Å². The molecule has 1 aliphatic rings. The zero-order valence-corrected chi connectivity index (χ0v) is 11.9. The van der Waals surface area contributed by atoms with E-state index in [2.05, 4.69) is 4.98 Å². The molecule has 1 aromatic heterocycles. The maximum absolute atomic E-state index is 12.0. The first-order chi connectivity index (χ1) is 8.96. The Morgan fingerprint density at radius 1 is 1.42 bits per heavy atom. The maximum Gasteiger partial charge on any atom is 0.410 e. The first-order valence-electron chi connectivity index (χ1n) is 6.82. The lowest BCUT2D eigenvalue weighted by molar-refractivity contribution is 0.0256. The second-order valence-electron chi connectivity index (χ2n) is 6.01. The minimum atomic E-state index is -0.436. The summed E-state index contributed by atoms with van der Waals surface area (Å²) in [6.07, 6.45) is 5.86. The maximum atomic E-state index is 12.0. The zero-order valence-electron chi connectivity index (χ0n) is 11.9. The summed E-state index contributed by atoms with van der Waals surface area (Å²) in [5.74, 6) is 0.381. The van der Waals surface area contributed by atoms with Crippen LogP contribution in [0.2, 0.25) is 0 Å². The lowest BCUT2D eigenvalue weighted by Crippen LogP contribution is -2.37. The molecule has 1 atom stereocenters. The summed E-state index contributed by atoms with van der Waals surface area (Å²) in [6, 6.07) is 0. The third-order valence-corrected chi connectivity index (χ3v) is 3.25. The van der Waals surface area contributed by atoms with Crippen LogP contribution >= 0.6 is 0 Å². The summed E-state index contributed by atoms with van der Waals surface area (Å²) >= 11 is 0. The lowest BCUT2D eigenvalue weighted by Gasteiger charge is -2.26. The molecule has 1 saturated heterocycles. The average Bonchev–Trinajstić information content (AvgIpc) is 2.71. The lowest BCUT2D eigenvalue weighted by atomic mass is 9.98. The molecule has 2 rings (SSSR count). The van der Waals surface area contributed by atoms with Gasteiger partial charge in [-0.25, -0.2) is 9.78 Å². The van der Waals surface area contributed by atoms with E-state index in [0.29, 0.717) is 12.5 Å². The molecule has 19 heavy (non-hydrogen) atoms. The van der Waals surface area contributed by atoms with E-state index >= 15 is 0 Å². The molecular formula is C14H22N2O3. The van der Waals surface area contributed by atoms with Crippen molar-refractivity contribution in [2.45, 2.75) is 51.6 Å². The van der Waals surface area contributed by atoms with Crippen molar-refractivity contribution in [3.05, 3.63) is 18.4 Å². The van der Waals surface area contributed by atoms with Crippen molar-refractivity contribution in [2.75, 3.05) is 13.1 Å². The van der Waals surface area contributed by atoms with Gasteiger partial charge in [0, 0.05) is 19.0 Å². The third kappa shape index (κ3) is 3.98. The highest BCUT2D eigenvalue weighted by Gasteiger charge is 2.26. The Hall–Kier alpha value is -1.52. The number of carbonyl (C=O) groups is 1. The van der Waals surface area contributed by atoms with Crippen LogP contribution < -0.4 is 0 Å². The topological polar surface area (TPSA) is 55.6 Å². The van der Waals surface area contributed by atoms with Gasteiger partial charge in [-0.3, -0.25) is 0 Å². The average molecular weight is 266 g/mol. The smallest absolute Gasteiger partial charge is 0.410 e. The van der Waals surface area contributed by atoms with Gasteiger partial charge in [-0.1, -0.05) is 0 Å². The monoisotopic (exact) mass is 266 g/mol. The molecule has 0 aliphatic carbocycles. The molecule has 1 amide bonds. The van der Waals surface area contributed by atoms with E-state index in [1.54, 1.807) is 11.2 Å². The van der Waals surface area contributed by atoms with Crippen LogP contribution in [0.1, 0.15) is 51.6 Å². The Morgan fingerprint density at radius 2 is 2.21 bits per heavy atom. The summed E-state index contributed by atoms with van der Waals surface area (Å²) in [5.41, 5.74) is 0.556. The van der Waals surface area contributed by atoms with Crippen LogP contribution in [0, 0.1) is 0 Å². The highest BCUT2D eigenvalue weighted by Crippen LogP contribution is 2.27. The van der Waals surface area contributed by atoms with Gasteiger partial charge < -0.3 is 14.1 Å². The first-order valence-corrected chi connectivity index (χ1v) is 6.82. The number of hydrogen-bond acceptors (Lipinski definition) is 4. The molecule has 0 unspecified atom stereocenters. The summed E-state index contributed by atoms with van der Waals surface area (Å²) in [6.45, 7) is 7.14. The fourth-order valence-corrected chi connectivity index (χ4v) is 2.32. The summed E-state index contributed by atoms with van der Waals surface area (Å²) in [7, 11) is 0. The van der Waals surface area contributed by atoms with E-state index in [-0.39, 0.29) is 6.09 Å². The molecule has 106 valence electrons. The fourth-order valence-electron chi connectivity index (χ4n) is 2.32. The molecular weight excluding hydrogens is 244 g/mol. The van der Waals surface area contributed by atoms with Crippen LogP contribution in [-0.2, 0) is 4.74 Å². The quantitative estimate of drug-likeness (QED) is 0.783. The minimum absolute atomic E-state index is 0.215. The van der Waals surface area contributed by atoms with Gasteiger partial charge in [0.05, 0.1) is 5.69 Å².